The van der Waals surface area contributed by atoms with Crippen LogP contribution in [0.3, 0.4) is 0 Å². The zero-order chi connectivity index (χ0) is 18.6. The molecule has 0 bridgehead atoms. The predicted octanol–water partition coefficient (Wildman–Crippen LogP) is 2.32. The molecule has 2 aliphatic rings. The van der Waals surface area contributed by atoms with E-state index in [0.29, 0.717) is 42.8 Å². The lowest BCUT2D eigenvalue weighted by Gasteiger charge is -2.24. The SMILES string of the molecule is O=C(Nc1ccc([C@H]2CNCCO2)c(F)c1)c1cnc(OCC2CC2)cn1. The molecule has 2 N–H and O–H groups in total. The molecule has 7 nitrogen and oxygen atoms in total. The number of hydrogen-bond donors (Lipinski definition) is 2. The standard InChI is InChI=1S/C19H21FN4O3/c20-15-7-13(3-4-14(15)17-9-21-5-6-26-17)24-19(25)16-8-23-18(10-22-16)27-11-12-1-2-12/h3-4,7-8,10,12,17,21H,1-2,5-6,9,11H2,(H,24,25)/t17-/m1/s1. The van der Waals surface area contributed by atoms with Gasteiger partial charge in [-0.1, -0.05) is 6.07 Å². The molecule has 2 fully saturated rings. The molecule has 0 unspecified atom stereocenters. The second-order valence-corrected chi connectivity index (χ2v) is 6.75. The number of nitrogens with zero attached hydrogens (tertiary/aromatic N) is 2. The van der Waals surface area contributed by atoms with E-state index in [-0.39, 0.29) is 11.8 Å². The monoisotopic (exact) mass is 372 g/mol. The Morgan fingerprint density at radius 2 is 2.22 bits per heavy atom. The fourth-order valence-corrected chi connectivity index (χ4v) is 2.82. The largest absolute Gasteiger partial charge is 0.476 e. The van der Waals surface area contributed by atoms with Crippen LogP contribution in [-0.2, 0) is 4.74 Å². The van der Waals surface area contributed by atoms with Crippen molar-refractivity contribution in [2.45, 2.75) is 18.9 Å². The van der Waals surface area contributed by atoms with Crippen LogP contribution < -0.4 is 15.4 Å². The first-order valence-electron chi connectivity index (χ1n) is 9.07. The zero-order valence-electron chi connectivity index (χ0n) is 14.8. The second kappa shape index (κ2) is 7.98. The summed E-state index contributed by atoms with van der Waals surface area (Å²) in [6, 6.07) is 4.56. The molecule has 1 saturated heterocycles. The van der Waals surface area contributed by atoms with Crippen LogP contribution in [-0.4, -0.2) is 42.2 Å². The first-order chi connectivity index (χ1) is 13.2. The maximum Gasteiger partial charge on any atom is 0.275 e. The Morgan fingerprint density at radius 1 is 1.33 bits per heavy atom. The molecule has 0 spiro atoms. The van der Waals surface area contributed by atoms with Gasteiger partial charge in [0.25, 0.3) is 5.91 Å². The quantitative estimate of drug-likeness (QED) is 0.809. The van der Waals surface area contributed by atoms with Gasteiger partial charge in [-0.05, 0) is 30.9 Å². The van der Waals surface area contributed by atoms with Gasteiger partial charge in [-0.25, -0.2) is 14.4 Å². The van der Waals surface area contributed by atoms with Gasteiger partial charge in [-0.15, -0.1) is 0 Å². The van der Waals surface area contributed by atoms with Gasteiger partial charge >= 0.3 is 0 Å². The summed E-state index contributed by atoms with van der Waals surface area (Å²) in [6.45, 7) is 2.50. The van der Waals surface area contributed by atoms with Crippen molar-refractivity contribution >= 4 is 11.6 Å². The second-order valence-electron chi connectivity index (χ2n) is 6.75. The third kappa shape index (κ3) is 4.58. The van der Waals surface area contributed by atoms with Crippen molar-refractivity contribution in [1.82, 2.24) is 15.3 Å². The number of aromatic nitrogens is 2. The molecule has 1 aromatic heterocycles. The average Bonchev–Trinajstić information content (AvgIpc) is 3.52. The van der Waals surface area contributed by atoms with Crippen molar-refractivity contribution in [1.29, 1.82) is 0 Å². The van der Waals surface area contributed by atoms with E-state index < -0.39 is 11.7 Å². The minimum absolute atomic E-state index is 0.137. The molecule has 8 heteroatoms. The Morgan fingerprint density at radius 3 is 2.89 bits per heavy atom. The van der Waals surface area contributed by atoms with Gasteiger partial charge in [0.15, 0.2) is 0 Å². The Hall–Kier alpha value is -2.58. The summed E-state index contributed by atoms with van der Waals surface area (Å²) in [7, 11) is 0. The molecular formula is C19H21FN4O3. The normalized spacial score (nSPS) is 19.5. The van der Waals surface area contributed by atoms with Crippen molar-refractivity contribution in [3.63, 3.8) is 0 Å². The smallest absolute Gasteiger partial charge is 0.275 e. The summed E-state index contributed by atoms with van der Waals surface area (Å²) < 4.78 is 25.5. The molecule has 142 valence electrons. The van der Waals surface area contributed by atoms with Crippen molar-refractivity contribution in [2.75, 3.05) is 31.6 Å². The van der Waals surface area contributed by atoms with E-state index in [1.54, 1.807) is 12.1 Å². The average molecular weight is 372 g/mol. The van der Waals surface area contributed by atoms with Crippen molar-refractivity contribution in [2.24, 2.45) is 5.92 Å². The lowest BCUT2D eigenvalue weighted by atomic mass is 10.1. The third-order valence-corrected chi connectivity index (χ3v) is 4.56. The van der Waals surface area contributed by atoms with E-state index in [1.807, 2.05) is 0 Å². The van der Waals surface area contributed by atoms with Crippen molar-refractivity contribution in [3.8, 4) is 5.88 Å². The third-order valence-electron chi connectivity index (χ3n) is 4.56. The van der Waals surface area contributed by atoms with Gasteiger partial charge in [-0.2, -0.15) is 0 Å². The number of nitrogens with one attached hydrogen (secondary N) is 2. The Bertz CT molecular complexity index is 805. The topological polar surface area (TPSA) is 85.4 Å². The molecule has 1 aromatic carbocycles. The first kappa shape index (κ1) is 17.8. The number of benzene rings is 1. The molecule has 0 radical (unpaired) electrons. The van der Waals surface area contributed by atoms with E-state index in [4.69, 9.17) is 9.47 Å². The van der Waals surface area contributed by atoms with Gasteiger partial charge in [0.05, 0.1) is 31.7 Å². The van der Waals surface area contributed by atoms with E-state index in [9.17, 15) is 9.18 Å². The Kier molecular flexibility index (Phi) is 5.26. The van der Waals surface area contributed by atoms with Crippen LogP contribution >= 0.6 is 0 Å². The summed E-state index contributed by atoms with van der Waals surface area (Å²) >= 11 is 0. The van der Waals surface area contributed by atoms with Crippen LogP contribution in [0.4, 0.5) is 10.1 Å². The van der Waals surface area contributed by atoms with E-state index >= 15 is 0 Å². The molecule has 2 heterocycles. The molecule has 1 aliphatic heterocycles. The summed E-state index contributed by atoms with van der Waals surface area (Å²) in [5.41, 5.74) is 0.955. The molecule has 27 heavy (non-hydrogen) atoms. The van der Waals surface area contributed by atoms with Gasteiger partial charge in [-0.3, -0.25) is 4.79 Å². The summed E-state index contributed by atoms with van der Waals surface area (Å²) in [5.74, 6) is 0.132. The number of hydrogen-bond acceptors (Lipinski definition) is 6. The minimum Gasteiger partial charge on any atom is -0.476 e. The summed E-state index contributed by atoms with van der Waals surface area (Å²) in [6.07, 6.45) is 4.83. The Labute approximate surface area is 156 Å². The molecule has 1 aliphatic carbocycles. The molecule has 1 amide bonds. The number of morpholine rings is 1. The Balaban J connectivity index is 1.37. The lowest BCUT2D eigenvalue weighted by molar-refractivity contribution is 0.0255. The van der Waals surface area contributed by atoms with Crippen molar-refractivity contribution < 1.29 is 18.7 Å². The maximum absolute atomic E-state index is 14.4. The number of anilines is 1. The van der Waals surface area contributed by atoms with Gasteiger partial charge in [0, 0.05) is 24.3 Å². The van der Waals surface area contributed by atoms with Crippen LogP contribution in [0.1, 0.15) is 35.0 Å². The fraction of sp³-hybridized carbons (Fsp3) is 0.421. The lowest BCUT2D eigenvalue weighted by Crippen LogP contribution is -2.33. The minimum atomic E-state index is -0.459. The fourth-order valence-electron chi connectivity index (χ4n) is 2.82. The zero-order valence-corrected chi connectivity index (χ0v) is 14.8. The predicted molar refractivity (Wildman–Crippen MR) is 96.2 cm³/mol. The van der Waals surface area contributed by atoms with Gasteiger partial charge < -0.3 is 20.1 Å². The van der Waals surface area contributed by atoms with Crippen LogP contribution in [0, 0.1) is 11.7 Å². The van der Waals surface area contributed by atoms with E-state index in [1.165, 1.54) is 31.3 Å². The van der Waals surface area contributed by atoms with E-state index in [2.05, 4.69) is 20.6 Å². The molecule has 1 atom stereocenters. The number of carbonyl (C=O) groups is 1. The highest BCUT2D eigenvalue weighted by atomic mass is 19.1. The summed E-state index contributed by atoms with van der Waals surface area (Å²) in [5, 5.41) is 5.80. The van der Waals surface area contributed by atoms with Gasteiger partial charge in [0.2, 0.25) is 5.88 Å². The highest BCUT2D eigenvalue weighted by molar-refractivity contribution is 6.02. The van der Waals surface area contributed by atoms with Crippen LogP contribution in [0.25, 0.3) is 0 Å². The molecule has 2 aromatic rings. The van der Waals surface area contributed by atoms with Crippen LogP contribution in [0.15, 0.2) is 30.6 Å². The number of ether oxygens (including phenoxy) is 2. The number of rotatable bonds is 6. The highest BCUT2D eigenvalue weighted by Crippen LogP contribution is 2.29. The number of carbonyl (C=O) groups excluding carboxylic acids is 1. The number of amides is 1. The number of halogens is 1. The highest BCUT2D eigenvalue weighted by Gasteiger charge is 2.22. The van der Waals surface area contributed by atoms with Crippen LogP contribution in [0.2, 0.25) is 0 Å². The summed E-state index contributed by atoms with van der Waals surface area (Å²) in [4.78, 5) is 20.4. The first-order valence-corrected chi connectivity index (χ1v) is 9.07. The molecule has 4 rings (SSSR count). The van der Waals surface area contributed by atoms with Gasteiger partial charge in [0.1, 0.15) is 11.5 Å². The molecule has 1 saturated carbocycles. The van der Waals surface area contributed by atoms with Crippen LogP contribution in [0.5, 0.6) is 5.88 Å². The maximum atomic E-state index is 14.4. The molecular weight excluding hydrogens is 351 g/mol. The van der Waals surface area contributed by atoms with Crippen molar-refractivity contribution in [3.05, 3.63) is 47.7 Å². The van der Waals surface area contributed by atoms with E-state index in [0.717, 1.165) is 6.54 Å².